The fourth-order valence-corrected chi connectivity index (χ4v) is 1.92. The summed E-state index contributed by atoms with van der Waals surface area (Å²) in [5.41, 5.74) is 2.08. The van der Waals surface area contributed by atoms with Crippen molar-refractivity contribution in [2.45, 2.75) is 33.0 Å². The second-order valence-electron chi connectivity index (χ2n) is 5.14. The van der Waals surface area contributed by atoms with Crippen molar-refractivity contribution in [1.29, 1.82) is 0 Å². The van der Waals surface area contributed by atoms with E-state index in [0.717, 1.165) is 29.4 Å². The average molecular weight is 294 g/mol. The van der Waals surface area contributed by atoms with Crippen molar-refractivity contribution in [1.82, 2.24) is 10.3 Å². The molecule has 2 rings (SSSR count). The highest BCUT2D eigenvalue weighted by atomic mass is 35.5. The van der Waals surface area contributed by atoms with Crippen molar-refractivity contribution < 1.29 is 4.42 Å². The highest BCUT2D eigenvalue weighted by Crippen LogP contribution is 2.16. The Kier molecular flexibility index (Phi) is 5.04. The van der Waals surface area contributed by atoms with Gasteiger partial charge in [0.05, 0.1) is 5.69 Å². The minimum absolute atomic E-state index is 0.432. The summed E-state index contributed by atoms with van der Waals surface area (Å²) in [7, 11) is 1.96. The standard InChI is InChI=1S/C15H20ClN3O/c1-11(2)17-8-14-10-20-15(18-14)19(3)9-12-4-6-13(16)7-5-12/h4-7,10-11,17H,8-9H2,1-3H3. The molecule has 1 aromatic heterocycles. The van der Waals surface area contributed by atoms with Crippen LogP contribution >= 0.6 is 11.6 Å². The Morgan fingerprint density at radius 3 is 2.65 bits per heavy atom. The first-order valence-electron chi connectivity index (χ1n) is 6.68. The van der Waals surface area contributed by atoms with Crippen LogP contribution in [0.3, 0.4) is 0 Å². The molecule has 0 amide bonds. The monoisotopic (exact) mass is 293 g/mol. The summed E-state index contributed by atoms with van der Waals surface area (Å²) >= 11 is 5.88. The number of nitrogens with one attached hydrogen (secondary N) is 1. The van der Waals surface area contributed by atoms with Crippen LogP contribution in [0, 0.1) is 0 Å². The maximum absolute atomic E-state index is 5.88. The number of anilines is 1. The number of aromatic nitrogens is 1. The average Bonchev–Trinajstić information content (AvgIpc) is 2.88. The third-order valence-electron chi connectivity index (χ3n) is 2.89. The highest BCUT2D eigenvalue weighted by Gasteiger charge is 2.09. The molecular weight excluding hydrogens is 274 g/mol. The molecule has 108 valence electrons. The molecule has 1 heterocycles. The van der Waals surface area contributed by atoms with Gasteiger partial charge in [0.2, 0.25) is 0 Å². The normalized spacial score (nSPS) is 11.1. The number of hydrogen-bond acceptors (Lipinski definition) is 4. The van der Waals surface area contributed by atoms with E-state index in [1.807, 2.05) is 36.2 Å². The number of benzene rings is 1. The zero-order chi connectivity index (χ0) is 14.5. The van der Waals surface area contributed by atoms with Crippen molar-refractivity contribution in [3.05, 3.63) is 46.8 Å². The van der Waals surface area contributed by atoms with Gasteiger partial charge < -0.3 is 14.6 Å². The molecule has 0 radical (unpaired) electrons. The van der Waals surface area contributed by atoms with E-state index >= 15 is 0 Å². The Morgan fingerprint density at radius 1 is 1.30 bits per heavy atom. The van der Waals surface area contributed by atoms with Gasteiger partial charge in [0.1, 0.15) is 6.26 Å². The van der Waals surface area contributed by atoms with Crippen LogP contribution in [-0.2, 0) is 13.1 Å². The van der Waals surface area contributed by atoms with Gasteiger partial charge in [-0.05, 0) is 17.7 Å². The van der Waals surface area contributed by atoms with Crippen LogP contribution in [-0.4, -0.2) is 18.1 Å². The Hall–Kier alpha value is -1.52. The van der Waals surface area contributed by atoms with Gasteiger partial charge in [-0.2, -0.15) is 4.98 Å². The molecule has 0 bridgehead atoms. The molecule has 0 aliphatic carbocycles. The molecule has 0 aliphatic heterocycles. The molecule has 2 aromatic rings. The molecule has 0 saturated heterocycles. The third-order valence-corrected chi connectivity index (χ3v) is 3.14. The predicted octanol–water partition coefficient (Wildman–Crippen LogP) is 3.46. The first-order valence-corrected chi connectivity index (χ1v) is 7.06. The molecule has 20 heavy (non-hydrogen) atoms. The van der Waals surface area contributed by atoms with E-state index in [9.17, 15) is 0 Å². The molecule has 5 heteroatoms. The van der Waals surface area contributed by atoms with Crippen LogP contribution < -0.4 is 10.2 Å². The topological polar surface area (TPSA) is 41.3 Å². The summed E-state index contributed by atoms with van der Waals surface area (Å²) in [6.07, 6.45) is 1.70. The molecule has 0 spiro atoms. The third kappa shape index (κ3) is 4.25. The van der Waals surface area contributed by atoms with Crippen molar-refractivity contribution in [2.75, 3.05) is 11.9 Å². The van der Waals surface area contributed by atoms with E-state index in [1.165, 1.54) is 0 Å². The summed E-state index contributed by atoms with van der Waals surface area (Å²) in [6.45, 7) is 5.66. The van der Waals surface area contributed by atoms with Gasteiger partial charge in [0.25, 0.3) is 6.01 Å². The van der Waals surface area contributed by atoms with Gasteiger partial charge in [0, 0.05) is 31.2 Å². The summed E-state index contributed by atoms with van der Waals surface area (Å²) in [4.78, 5) is 6.44. The van der Waals surface area contributed by atoms with E-state index in [-0.39, 0.29) is 0 Å². The first-order chi connectivity index (χ1) is 9.54. The Labute approximate surface area is 124 Å². The Morgan fingerprint density at radius 2 is 2.00 bits per heavy atom. The van der Waals surface area contributed by atoms with Crippen molar-refractivity contribution >= 4 is 17.6 Å². The van der Waals surface area contributed by atoms with Gasteiger partial charge >= 0.3 is 0 Å². The van der Waals surface area contributed by atoms with Gasteiger partial charge in [-0.1, -0.05) is 37.6 Å². The summed E-state index contributed by atoms with van der Waals surface area (Å²) in [5, 5.41) is 4.06. The van der Waals surface area contributed by atoms with E-state index in [1.54, 1.807) is 6.26 Å². The lowest BCUT2D eigenvalue weighted by atomic mass is 10.2. The molecular formula is C15H20ClN3O. The van der Waals surface area contributed by atoms with Gasteiger partial charge in [-0.15, -0.1) is 0 Å². The SMILES string of the molecule is CC(C)NCc1coc(N(C)Cc2ccc(Cl)cc2)n1. The highest BCUT2D eigenvalue weighted by molar-refractivity contribution is 6.30. The number of nitrogens with zero attached hydrogens (tertiary/aromatic N) is 2. The summed E-state index contributed by atoms with van der Waals surface area (Å²) in [5.74, 6) is 0. The lowest BCUT2D eigenvalue weighted by molar-refractivity contribution is 0.540. The second kappa shape index (κ2) is 6.77. The van der Waals surface area contributed by atoms with Crippen LogP contribution in [0.1, 0.15) is 25.1 Å². The molecule has 1 N–H and O–H groups in total. The minimum Gasteiger partial charge on any atom is -0.432 e. The fraction of sp³-hybridized carbons (Fsp3) is 0.400. The molecule has 0 fully saturated rings. The number of halogens is 1. The molecule has 0 saturated carbocycles. The van der Waals surface area contributed by atoms with E-state index < -0.39 is 0 Å². The van der Waals surface area contributed by atoms with Crippen LogP contribution in [0.4, 0.5) is 6.01 Å². The van der Waals surface area contributed by atoms with Gasteiger partial charge in [-0.25, -0.2) is 0 Å². The van der Waals surface area contributed by atoms with Crippen molar-refractivity contribution in [2.24, 2.45) is 0 Å². The van der Waals surface area contributed by atoms with Crippen molar-refractivity contribution in [3.8, 4) is 0 Å². The maximum atomic E-state index is 5.88. The van der Waals surface area contributed by atoms with Gasteiger partial charge in [0.15, 0.2) is 0 Å². The van der Waals surface area contributed by atoms with Crippen LogP contribution in [0.2, 0.25) is 5.02 Å². The Balaban J connectivity index is 1.95. The molecule has 4 nitrogen and oxygen atoms in total. The summed E-state index contributed by atoms with van der Waals surface area (Å²) < 4.78 is 5.50. The predicted molar refractivity (Wildman–Crippen MR) is 82.0 cm³/mol. The molecule has 1 aromatic carbocycles. The van der Waals surface area contributed by atoms with Crippen LogP contribution in [0.15, 0.2) is 34.9 Å². The zero-order valence-corrected chi connectivity index (χ0v) is 12.8. The van der Waals surface area contributed by atoms with Crippen LogP contribution in [0.5, 0.6) is 0 Å². The van der Waals surface area contributed by atoms with E-state index in [2.05, 4.69) is 24.1 Å². The smallest absolute Gasteiger partial charge is 0.297 e. The largest absolute Gasteiger partial charge is 0.432 e. The van der Waals surface area contributed by atoms with Crippen LogP contribution in [0.25, 0.3) is 0 Å². The van der Waals surface area contributed by atoms with Gasteiger partial charge in [-0.3, -0.25) is 0 Å². The lowest BCUT2D eigenvalue weighted by Crippen LogP contribution is -2.22. The van der Waals surface area contributed by atoms with E-state index in [0.29, 0.717) is 12.1 Å². The summed E-state index contributed by atoms with van der Waals surface area (Å²) in [6, 6.07) is 8.84. The molecule has 0 aliphatic rings. The minimum atomic E-state index is 0.432. The first kappa shape index (κ1) is 14.9. The fourth-order valence-electron chi connectivity index (χ4n) is 1.79. The van der Waals surface area contributed by atoms with E-state index in [4.69, 9.17) is 16.0 Å². The Bertz CT molecular complexity index is 536. The number of oxazole rings is 1. The second-order valence-corrected chi connectivity index (χ2v) is 5.58. The zero-order valence-electron chi connectivity index (χ0n) is 12.1. The number of hydrogen-bond donors (Lipinski definition) is 1. The lowest BCUT2D eigenvalue weighted by Gasteiger charge is -2.14. The molecule has 0 atom stereocenters. The van der Waals surface area contributed by atoms with Crippen molar-refractivity contribution in [3.63, 3.8) is 0 Å². The molecule has 0 unspecified atom stereocenters. The number of rotatable bonds is 6. The quantitative estimate of drug-likeness (QED) is 0.885. The maximum Gasteiger partial charge on any atom is 0.297 e.